The third-order valence-corrected chi connectivity index (χ3v) is 5.46. The highest BCUT2D eigenvalue weighted by molar-refractivity contribution is 7.86. The van der Waals surface area contributed by atoms with Gasteiger partial charge < -0.3 is 30.0 Å². The summed E-state index contributed by atoms with van der Waals surface area (Å²) >= 11 is 0. The molecule has 4 aliphatic heterocycles. The molecule has 4 aliphatic rings. The molecule has 4 rings (SSSR count). The number of hydrogen-bond donors (Lipinski definition) is 3. The molecular formula is C16H24N2O9S. The Hall–Kier alpha value is -1.57. The number of nitrogens with one attached hydrogen (secondary N) is 2. The largest absolute Gasteiger partial charge is 0.384 e. The minimum Gasteiger partial charge on any atom is -0.384 e. The number of piperazine rings is 1. The Labute approximate surface area is 162 Å². The Morgan fingerprint density at radius 1 is 1.18 bits per heavy atom. The molecule has 4 saturated heterocycles. The smallest absolute Gasteiger partial charge is 0.281 e. The highest BCUT2D eigenvalue weighted by Gasteiger charge is 2.67. The van der Waals surface area contributed by atoms with E-state index in [2.05, 4.69) is 17.2 Å². The molecule has 158 valence electrons. The van der Waals surface area contributed by atoms with Gasteiger partial charge in [-0.3, -0.25) is 9.59 Å². The van der Waals surface area contributed by atoms with Gasteiger partial charge in [-0.15, -0.1) is 0 Å². The van der Waals surface area contributed by atoms with E-state index in [0.29, 0.717) is 0 Å². The van der Waals surface area contributed by atoms with Crippen LogP contribution in [0.2, 0.25) is 0 Å². The molecule has 4 heterocycles. The molecule has 0 aromatic rings. The second-order valence-electron chi connectivity index (χ2n) is 7.82. The Morgan fingerprint density at radius 2 is 1.82 bits per heavy atom. The van der Waals surface area contributed by atoms with E-state index in [-0.39, 0.29) is 25.2 Å². The summed E-state index contributed by atoms with van der Waals surface area (Å²) in [6.45, 7) is 8.22. The fourth-order valence-electron chi connectivity index (χ4n) is 3.60. The minimum atomic E-state index is -4.15. The lowest BCUT2D eigenvalue weighted by Crippen LogP contribution is -2.83. The predicted molar refractivity (Wildman–Crippen MR) is 92.9 cm³/mol. The highest BCUT2D eigenvalue weighted by Crippen LogP contribution is 2.40. The maximum Gasteiger partial charge on any atom is 0.281 e. The fourth-order valence-corrected chi connectivity index (χ4v) is 4.29. The van der Waals surface area contributed by atoms with Crippen molar-refractivity contribution in [3.05, 3.63) is 12.2 Å². The van der Waals surface area contributed by atoms with Crippen molar-refractivity contribution in [2.45, 2.75) is 56.1 Å². The van der Waals surface area contributed by atoms with Gasteiger partial charge in [0.15, 0.2) is 5.79 Å². The average molecular weight is 420 g/mol. The van der Waals surface area contributed by atoms with Crippen molar-refractivity contribution in [1.29, 1.82) is 0 Å². The van der Waals surface area contributed by atoms with Crippen molar-refractivity contribution < 1.29 is 41.5 Å². The van der Waals surface area contributed by atoms with Gasteiger partial charge in [0.1, 0.15) is 11.7 Å². The zero-order chi connectivity index (χ0) is 21.2. The van der Waals surface area contributed by atoms with Crippen LogP contribution in [0.15, 0.2) is 12.2 Å². The van der Waals surface area contributed by atoms with Crippen molar-refractivity contribution >= 4 is 21.9 Å². The van der Waals surface area contributed by atoms with Crippen LogP contribution in [0.5, 0.6) is 0 Å². The standard InChI is InChI=1S/C16H24N2O9S/c1-9-6-7-24-16(10(19)14(4)8-25-13(2,3)26-14)12(21)17-15(9,11(20)18-16)27-28(5,22)23/h10,19H,1,6-8H2,2-5H3,(H,17,21)(H,18,20)/t10-,14-,15+,16-/m0/s1. The number of hydrogen-bond acceptors (Lipinski definition) is 9. The van der Waals surface area contributed by atoms with Gasteiger partial charge in [-0.2, -0.15) is 8.42 Å². The van der Waals surface area contributed by atoms with Crippen LogP contribution in [0.1, 0.15) is 27.2 Å². The summed E-state index contributed by atoms with van der Waals surface area (Å²) in [4.78, 5) is 25.9. The van der Waals surface area contributed by atoms with Gasteiger partial charge in [0.25, 0.3) is 33.4 Å². The molecule has 0 aromatic heterocycles. The van der Waals surface area contributed by atoms with E-state index in [4.69, 9.17) is 18.4 Å². The third-order valence-electron chi connectivity index (χ3n) is 4.90. The van der Waals surface area contributed by atoms with Gasteiger partial charge >= 0.3 is 0 Å². The van der Waals surface area contributed by atoms with Gasteiger partial charge in [0.05, 0.1) is 19.5 Å². The van der Waals surface area contributed by atoms with Crippen LogP contribution in [0.25, 0.3) is 0 Å². The van der Waals surface area contributed by atoms with E-state index in [1.165, 1.54) is 6.92 Å². The number of carbonyl (C=O) groups is 2. The van der Waals surface area contributed by atoms with Gasteiger partial charge in [0.2, 0.25) is 0 Å². The van der Waals surface area contributed by atoms with E-state index in [1.54, 1.807) is 13.8 Å². The van der Waals surface area contributed by atoms with Crippen LogP contribution >= 0.6 is 0 Å². The zero-order valence-electron chi connectivity index (χ0n) is 16.0. The summed E-state index contributed by atoms with van der Waals surface area (Å²) in [7, 11) is -4.15. The van der Waals surface area contributed by atoms with E-state index >= 15 is 0 Å². The molecule has 12 heteroatoms. The first kappa shape index (κ1) is 21.1. The van der Waals surface area contributed by atoms with Crippen molar-refractivity contribution in [3.63, 3.8) is 0 Å². The molecule has 0 radical (unpaired) electrons. The number of fused-ring (bicyclic) bond motifs is 5. The monoisotopic (exact) mass is 420 g/mol. The number of rotatable bonds is 4. The second kappa shape index (κ2) is 6.21. The molecule has 0 unspecified atom stereocenters. The maximum atomic E-state index is 13.0. The van der Waals surface area contributed by atoms with Gasteiger partial charge in [-0.1, -0.05) is 6.58 Å². The molecular weight excluding hydrogens is 396 g/mol. The van der Waals surface area contributed by atoms with Crippen LogP contribution in [0.3, 0.4) is 0 Å². The Balaban J connectivity index is 2.02. The molecule has 11 nitrogen and oxygen atoms in total. The van der Waals surface area contributed by atoms with Crippen LogP contribution in [0, 0.1) is 0 Å². The van der Waals surface area contributed by atoms with E-state index in [0.717, 1.165) is 6.26 Å². The van der Waals surface area contributed by atoms with Crippen LogP contribution < -0.4 is 10.6 Å². The lowest BCUT2D eigenvalue weighted by atomic mass is 9.85. The molecule has 0 saturated carbocycles. The number of ether oxygens (including phenoxy) is 3. The predicted octanol–water partition coefficient (Wildman–Crippen LogP) is -1.52. The lowest BCUT2D eigenvalue weighted by Gasteiger charge is -2.50. The first-order chi connectivity index (χ1) is 12.7. The summed E-state index contributed by atoms with van der Waals surface area (Å²) in [6.07, 6.45) is -0.946. The van der Waals surface area contributed by atoms with Crippen LogP contribution in [0.4, 0.5) is 0 Å². The van der Waals surface area contributed by atoms with Crippen molar-refractivity contribution in [1.82, 2.24) is 10.6 Å². The molecule has 4 atom stereocenters. The molecule has 28 heavy (non-hydrogen) atoms. The highest BCUT2D eigenvalue weighted by atomic mass is 32.2. The summed E-state index contributed by atoms with van der Waals surface area (Å²) < 4.78 is 45.2. The Bertz CT molecular complexity index is 841. The molecule has 0 aliphatic carbocycles. The fraction of sp³-hybridized carbons (Fsp3) is 0.750. The number of carbonyl (C=O) groups excluding carboxylic acids is 2. The zero-order valence-corrected chi connectivity index (χ0v) is 16.8. The number of aliphatic hydroxyl groups excluding tert-OH is 1. The molecule has 0 aromatic carbocycles. The minimum absolute atomic E-state index is 0.00272. The SMILES string of the molecule is C=C1CCO[C@]2([C@@H](O)[C@]3(C)COC(C)(C)O3)NC(=O)[C@@]1(OS(C)(=O)=O)NC2=O. The lowest BCUT2D eigenvalue weighted by molar-refractivity contribution is -0.239. The van der Waals surface area contributed by atoms with Crippen molar-refractivity contribution in [3.8, 4) is 0 Å². The van der Waals surface area contributed by atoms with E-state index < -0.39 is 50.9 Å². The number of amides is 2. The number of aliphatic hydroxyl groups is 1. The van der Waals surface area contributed by atoms with Gasteiger partial charge in [0, 0.05) is 0 Å². The third kappa shape index (κ3) is 3.23. The molecule has 2 amide bonds. The first-order valence-electron chi connectivity index (χ1n) is 8.56. The summed E-state index contributed by atoms with van der Waals surface area (Å²) in [5.74, 6) is -3.07. The summed E-state index contributed by atoms with van der Waals surface area (Å²) in [5.41, 5.74) is -5.98. The maximum absolute atomic E-state index is 13.0. The Kier molecular flexibility index (Phi) is 4.69. The van der Waals surface area contributed by atoms with Crippen LogP contribution in [-0.4, -0.2) is 73.8 Å². The quantitative estimate of drug-likeness (QED) is 0.364. The topological polar surface area (TPSA) is 149 Å². The Morgan fingerprint density at radius 3 is 2.36 bits per heavy atom. The molecule has 2 bridgehead atoms. The second-order valence-corrected chi connectivity index (χ2v) is 9.40. The summed E-state index contributed by atoms with van der Waals surface area (Å²) in [6, 6.07) is 0. The van der Waals surface area contributed by atoms with Gasteiger partial charge in [-0.05, 0) is 32.8 Å². The normalized spacial score (nSPS) is 39.1. The van der Waals surface area contributed by atoms with Gasteiger partial charge in [-0.25, -0.2) is 4.18 Å². The molecule has 4 fully saturated rings. The first-order valence-corrected chi connectivity index (χ1v) is 10.4. The molecule has 3 N–H and O–H groups in total. The summed E-state index contributed by atoms with van der Waals surface area (Å²) in [5, 5.41) is 15.6. The van der Waals surface area contributed by atoms with E-state index in [1.807, 2.05) is 0 Å². The van der Waals surface area contributed by atoms with Crippen molar-refractivity contribution in [2.24, 2.45) is 0 Å². The average Bonchev–Trinajstić information content (AvgIpc) is 2.83. The molecule has 0 spiro atoms. The van der Waals surface area contributed by atoms with Crippen molar-refractivity contribution in [2.75, 3.05) is 19.5 Å². The van der Waals surface area contributed by atoms with E-state index in [9.17, 15) is 23.1 Å². The van der Waals surface area contributed by atoms with Crippen LogP contribution in [-0.2, 0) is 38.1 Å².